The van der Waals surface area contributed by atoms with Gasteiger partial charge in [0.1, 0.15) is 11.8 Å². The number of para-hydroxylation sites is 1. The minimum absolute atomic E-state index is 0.0753. The summed E-state index contributed by atoms with van der Waals surface area (Å²) in [6, 6.07) is 6.19. The Morgan fingerprint density at radius 2 is 1.72 bits per heavy atom. The number of carbonyl (C=O) groups is 3. The van der Waals surface area contributed by atoms with Crippen LogP contribution in [-0.2, 0) is 9.59 Å². The van der Waals surface area contributed by atoms with Crippen LogP contribution in [0.5, 0.6) is 5.75 Å². The second-order valence-corrected chi connectivity index (χ2v) is 7.73. The third kappa shape index (κ3) is 6.76. The number of ether oxygens (including phenoxy) is 1. The van der Waals surface area contributed by atoms with Crippen molar-refractivity contribution in [3.8, 4) is 5.75 Å². The van der Waals surface area contributed by atoms with Crippen molar-refractivity contribution in [3.05, 3.63) is 29.8 Å². The number of rotatable bonds is 8. The van der Waals surface area contributed by atoms with Crippen molar-refractivity contribution in [2.45, 2.75) is 52.0 Å². The lowest BCUT2D eigenvalue weighted by molar-refractivity contribution is -0.131. The summed E-state index contributed by atoms with van der Waals surface area (Å²) in [5, 5.41) is 5.59. The van der Waals surface area contributed by atoms with Crippen molar-refractivity contribution in [3.63, 3.8) is 0 Å². The molecule has 0 aromatic heterocycles. The first kappa shape index (κ1) is 22.7. The van der Waals surface area contributed by atoms with Gasteiger partial charge in [0.25, 0.3) is 5.91 Å². The quantitative estimate of drug-likeness (QED) is 0.698. The minimum Gasteiger partial charge on any atom is -0.496 e. The average molecular weight is 404 g/mol. The number of likely N-dealkylation sites (tertiary alicyclic amines) is 1. The molecule has 2 rings (SSSR count). The van der Waals surface area contributed by atoms with E-state index in [4.69, 9.17) is 4.74 Å². The topological polar surface area (TPSA) is 87.7 Å². The zero-order valence-electron chi connectivity index (χ0n) is 17.7. The van der Waals surface area contributed by atoms with Crippen LogP contribution < -0.4 is 15.4 Å². The highest BCUT2D eigenvalue weighted by Gasteiger charge is 2.26. The fraction of sp³-hybridized carbons (Fsp3) is 0.591. The number of hydrogen-bond acceptors (Lipinski definition) is 4. The smallest absolute Gasteiger partial charge is 0.255 e. The number of nitrogens with one attached hydrogen (secondary N) is 2. The second kappa shape index (κ2) is 11.4. The summed E-state index contributed by atoms with van der Waals surface area (Å²) in [5.74, 6) is -0.221. The Morgan fingerprint density at radius 1 is 1.07 bits per heavy atom. The molecule has 0 saturated carbocycles. The SMILES string of the molecule is COc1ccccc1C(=O)NC(C(=O)NCCC(=O)N1CCCCCC1)C(C)C. The van der Waals surface area contributed by atoms with Gasteiger partial charge in [0.05, 0.1) is 12.7 Å². The van der Waals surface area contributed by atoms with E-state index in [1.807, 2.05) is 18.7 Å². The molecule has 1 unspecified atom stereocenters. The van der Waals surface area contributed by atoms with E-state index in [0.29, 0.717) is 11.3 Å². The van der Waals surface area contributed by atoms with Crippen molar-refractivity contribution in [2.24, 2.45) is 5.92 Å². The van der Waals surface area contributed by atoms with Gasteiger partial charge in [0, 0.05) is 26.1 Å². The summed E-state index contributed by atoms with van der Waals surface area (Å²) in [6.45, 7) is 5.61. The maximum absolute atomic E-state index is 12.6. The van der Waals surface area contributed by atoms with Crippen molar-refractivity contribution in [1.29, 1.82) is 0 Å². The van der Waals surface area contributed by atoms with E-state index in [2.05, 4.69) is 10.6 Å². The molecule has 2 N–H and O–H groups in total. The van der Waals surface area contributed by atoms with Crippen LogP contribution in [0.15, 0.2) is 24.3 Å². The van der Waals surface area contributed by atoms with Gasteiger partial charge in [-0.3, -0.25) is 14.4 Å². The monoisotopic (exact) mass is 403 g/mol. The Morgan fingerprint density at radius 3 is 2.34 bits per heavy atom. The normalized spacial score (nSPS) is 15.4. The molecule has 1 saturated heterocycles. The number of methoxy groups -OCH3 is 1. The molecule has 1 heterocycles. The van der Waals surface area contributed by atoms with Gasteiger partial charge in [-0.05, 0) is 30.9 Å². The molecule has 1 aliphatic rings. The molecule has 0 radical (unpaired) electrons. The van der Waals surface area contributed by atoms with Crippen LogP contribution in [-0.4, -0.2) is 55.4 Å². The van der Waals surface area contributed by atoms with Crippen molar-refractivity contribution in [2.75, 3.05) is 26.7 Å². The van der Waals surface area contributed by atoms with Crippen LogP contribution in [0.3, 0.4) is 0 Å². The van der Waals surface area contributed by atoms with Crippen LogP contribution in [0.25, 0.3) is 0 Å². The molecule has 1 atom stereocenters. The number of benzene rings is 1. The van der Waals surface area contributed by atoms with Crippen molar-refractivity contribution < 1.29 is 19.1 Å². The van der Waals surface area contributed by atoms with E-state index in [1.54, 1.807) is 24.3 Å². The maximum atomic E-state index is 12.6. The standard InChI is InChI=1S/C22H33N3O4/c1-16(2)20(24-21(27)17-10-6-7-11-18(17)29-3)22(28)23-13-12-19(26)25-14-8-4-5-9-15-25/h6-7,10-11,16,20H,4-5,8-9,12-15H2,1-3H3,(H,23,28)(H,24,27). The molecule has 1 aliphatic heterocycles. The molecule has 0 aliphatic carbocycles. The molecular weight excluding hydrogens is 370 g/mol. The largest absolute Gasteiger partial charge is 0.496 e. The van der Waals surface area contributed by atoms with Crippen LogP contribution in [0.2, 0.25) is 0 Å². The van der Waals surface area contributed by atoms with Gasteiger partial charge in [-0.15, -0.1) is 0 Å². The number of amides is 3. The molecule has 160 valence electrons. The van der Waals surface area contributed by atoms with Crippen LogP contribution in [0, 0.1) is 5.92 Å². The molecule has 1 fully saturated rings. The fourth-order valence-electron chi connectivity index (χ4n) is 3.47. The van der Waals surface area contributed by atoms with Gasteiger partial charge < -0.3 is 20.3 Å². The third-order valence-electron chi connectivity index (χ3n) is 5.18. The van der Waals surface area contributed by atoms with E-state index >= 15 is 0 Å². The lowest BCUT2D eigenvalue weighted by Gasteiger charge is -2.23. The lowest BCUT2D eigenvalue weighted by Crippen LogP contribution is -2.50. The Kier molecular flexibility index (Phi) is 8.96. The molecule has 1 aromatic carbocycles. The van der Waals surface area contributed by atoms with E-state index < -0.39 is 6.04 Å². The zero-order valence-corrected chi connectivity index (χ0v) is 17.7. The highest BCUT2D eigenvalue weighted by molar-refractivity contribution is 5.99. The molecule has 0 spiro atoms. The summed E-state index contributed by atoms with van der Waals surface area (Å²) < 4.78 is 5.22. The molecular formula is C22H33N3O4. The van der Waals surface area contributed by atoms with Crippen molar-refractivity contribution >= 4 is 17.7 Å². The maximum Gasteiger partial charge on any atom is 0.255 e. The van der Waals surface area contributed by atoms with Gasteiger partial charge >= 0.3 is 0 Å². The van der Waals surface area contributed by atoms with E-state index in [1.165, 1.54) is 20.0 Å². The van der Waals surface area contributed by atoms with Gasteiger partial charge in [-0.1, -0.05) is 38.8 Å². The van der Waals surface area contributed by atoms with Crippen LogP contribution in [0.1, 0.15) is 56.3 Å². The number of nitrogens with zero attached hydrogens (tertiary/aromatic N) is 1. The van der Waals surface area contributed by atoms with Gasteiger partial charge in [0.15, 0.2) is 0 Å². The summed E-state index contributed by atoms with van der Waals surface area (Å²) in [6.07, 6.45) is 4.70. The molecule has 3 amide bonds. The van der Waals surface area contributed by atoms with Gasteiger partial charge in [0.2, 0.25) is 11.8 Å². The zero-order chi connectivity index (χ0) is 21.2. The van der Waals surface area contributed by atoms with E-state index in [0.717, 1.165) is 25.9 Å². The Labute approximate surface area is 173 Å². The molecule has 0 bridgehead atoms. The Hall–Kier alpha value is -2.57. The Balaban J connectivity index is 1.88. The minimum atomic E-state index is -0.694. The predicted molar refractivity (Wildman–Crippen MR) is 112 cm³/mol. The van der Waals surface area contributed by atoms with E-state index in [9.17, 15) is 14.4 Å². The summed E-state index contributed by atoms with van der Waals surface area (Å²) >= 11 is 0. The number of carbonyl (C=O) groups excluding carboxylic acids is 3. The van der Waals surface area contributed by atoms with Gasteiger partial charge in [-0.25, -0.2) is 0 Å². The predicted octanol–water partition coefficient (Wildman–Crippen LogP) is 2.36. The van der Waals surface area contributed by atoms with E-state index in [-0.39, 0.29) is 36.6 Å². The first-order chi connectivity index (χ1) is 13.9. The number of hydrogen-bond donors (Lipinski definition) is 2. The van der Waals surface area contributed by atoms with Crippen molar-refractivity contribution in [1.82, 2.24) is 15.5 Å². The summed E-state index contributed by atoms with van der Waals surface area (Å²) in [4.78, 5) is 39.5. The first-order valence-corrected chi connectivity index (χ1v) is 10.4. The van der Waals surface area contributed by atoms with Gasteiger partial charge in [-0.2, -0.15) is 0 Å². The first-order valence-electron chi connectivity index (χ1n) is 10.4. The Bertz CT molecular complexity index is 697. The molecule has 7 nitrogen and oxygen atoms in total. The molecule has 29 heavy (non-hydrogen) atoms. The molecule has 7 heteroatoms. The lowest BCUT2D eigenvalue weighted by atomic mass is 10.0. The molecule has 1 aromatic rings. The highest BCUT2D eigenvalue weighted by Crippen LogP contribution is 2.17. The second-order valence-electron chi connectivity index (χ2n) is 7.73. The summed E-state index contributed by atoms with van der Waals surface area (Å²) in [7, 11) is 1.50. The third-order valence-corrected chi connectivity index (χ3v) is 5.18. The summed E-state index contributed by atoms with van der Waals surface area (Å²) in [5.41, 5.74) is 0.379. The average Bonchev–Trinajstić information content (AvgIpc) is 3.01. The van der Waals surface area contributed by atoms with Crippen LogP contribution >= 0.6 is 0 Å². The highest BCUT2D eigenvalue weighted by atomic mass is 16.5. The van der Waals surface area contributed by atoms with Crippen LogP contribution in [0.4, 0.5) is 0 Å². The fourth-order valence-corrected chi connectivity index (χ4v) is 3.47.